The van der Waals surface area contributed by atoms with Gasteiger partial charge in [0, 0.05) is 0 Å². The fourth-order valence-electron chi connectivity index (χ4n) is 1.83. The first-order valence-electron chi connectivity index (χ1n) is 6.48. The molecule has 0 fully saturated rings. The molecule has 2 aromatic rings. The maximum Gasteiger partial charge on any atom is 0.172 e. The zero-order valence-corrected chi connectivity index (χ0v) is 11.5. The van der Waals surface area contributed by atoms with E-state index in [9.17, 15) is 4.79 Å². The van der Waals surface area contributed by atoms with Crippen molar-refractivity contribution in [1.29, 1.82) is 0 Å². The molecule has 0 amide bonds. The molecule has 0 bridgehead atoms. The molecule has 0 saturated carbocycles. The van der Waals surface area contributed by atoms with Crippen LogP contribution < -0.4 is 4.74 Å². The molecule has 104 valence electrons. The number of aryl methyl sites for hydroxylation is 1. The summed E-state index contributed by atoms with van der Waals surface area (Å²) in [5.41, 5.74) is 2.21. The molecular formula is C15H17N3O2. The van der Waals surface area contributed by atoms with Gasteiger partial charge in [0.05, 0.1) is 6.54 Å². The van der Waals surface area contributed by atoms with E-state index in [-0.39, 0.29) is 6.61 Å². The van der Waals surface area contributed by atoms with Gasteiger partial charge >= 0.3 is 0 Å². The summed E-state index contributed by atoms with van der Waals surface area (Å²) in [4.78, 5) is 10.9. The van der Waals surface area contributed by atoms with E-state index in [1.54, 1.807) is 10.8 Å². The van der Waals surface area contributed by atoms with Crippen molar-refractivity contribution in [2.24, 2.45) is 0 Å². The van der Waals surface area contributed by atoms with Crippen molar-refractivity contribution in [1.82, 2.24) is 15.0 Å². The van der Waals surface area contributed by atoms with Gasteiger partial charge in [-0.05, 0) is 24.1 Å². The number of ether oxygens (including phenoxy) is 1. The number of benzene rings is 1. The van der Waals surface area contributed by atoms with Gasteiger partial charge in [-0.15, -0.1) is 11.7 Å². The van der Waals surface area contributed by atoms with Crippen LogP contribution in [0.1, 0.15) is 28.7 Å². The molecule has 0 radical (unpaired) electrons. The van der Waals surface area contributed by atoms with Crippen LogP contribution in [0.4, 0.5) is 0 Å². The lowest BCUT2D eigenvalue weighted by atomic mass is 10.2. The summed E-state index contributed by atoms with van der Waals surface area (Å²) < 4.78 is 7.29. The Balaban J connectivity index is 2.10. The minimum atomic E-state index is 0.250. The van der Waals surface area contributed by atoms with E-state index in [4.69, 9.17) is 4.74 Å². The summed E-state index contributed by atoms with van der Waals surface area (Å²) in [7, 11) is 0. The third kappa shape index (κ3) is 3.12. The molecule has 1 aromatic carbocycles. The fraction of sp³-hybridized carbons (Fsp3) is 0.267. The van der Waals surface area contributed by atoms with Crippen LogP contribution in [0, 0.1) is 0 Å². The van der Waals surface area contributed by atoms with Gasteiger partial charge in [-0.3, -0.25) is 4.79 Å². The van der Waals surface area contributed by atoms with Gasteiger partial charge in [0.15, 0.2) is 12.0 Å². The first-order valence-corrected chi connectivity index (χ1v) is 6.48. The Morgan fingerprint density at radius 3 is 2.70 bits per heavy atom. The smallest absolute Gasteiger partial charge is 0.172 e. The molecule has 2 rings (SSSR count). The minimum Gasteiger partial charge on any atom is -0.487 e. The van der Waals surface area contributed by atoms with Gasteiger partial charge < -0.3 is 4.74 Å². The molecule has 0 unspecified atom stereocenters. The highest BCUT2D eigenvalue weighted by molar-refractivity contribution is 5.73. The standard InChI is InChI=1S/C15H17N3O2/c1-3-9-18-15(14(10-19)16-17-18)11-20-13-7-5-12(4-2)6-8-13/h3,5-8,10H,1,4,9,11H2,2H3. The lowest BCUT2D eigenvalue weighted by molar-refractivity contribution is 0.111. The summed E-state index contributed by atoms with van der Waals surface area (Å²) >= 11 is 0. The van der Waals surface area contributed by atoms with Crippen LogP contribution in [0.2, 0.25) is 0 Å². The van der Waals surface area contributed by atoms with Crippen molar-refractivity contribution in [3.05, 3.63) is 53.9 Å². The van der Waals surface area contributed by atoms with Gasteiger partial charge in [0.25, 0.3) is 0 Å². The van der Waals surface area contributed by atoms with Crippen LogP contribution in [0.5, 0.6) is 5.75 Å². The maximum absolute atomic E-state index is 10.9. The van der Waals surface area contributed by atoms with Gasteiger partial charge in [0.2, 0.25) is 0 Å². The molecule has 20 heavy (non-hydrogen) atoms. The van der Waals surface area contributed by atoms with E-state index in [0.717, 1.165) is 12.2 Å². The normalized spacial score (nSPS) is 10.2. The molecule has 0 atom stereocenters. The Kier molecular flexibility index (Phi) is 4.65. The molecule has 5 nitrogen and oxygen atoms in total. The first-order chi connectivity index (χ1) is 9.78. The van der Waals surface area contributed by atoms with E-state index in [0.29, 0.717) is 24.2 Å². The van der Waals surface area contributed by atoms with Gasteiger partial charge in [-0.2, -0.15) is 0 Å². The predicted octanol–water partition coefficient (Wildman–Crippen LogP) is 2.42. The van der Waals surface area contributed by atoms with Crippen molar-refractivity contribution in [2.75, 3.05) is 0 Å². The second kappa shape index (κ2) is 6.65. The average molecular weight is 271 g/mol. The molecule has 0 aliphatic rings. The topological polar surface area (TPSA) is 57.0 Å². The number of hydrogen-bond donors (Lipinski definition) is 0. The van der Waals surface area contributed by atoms with Crippen molar-refractivity contribution in [3.8, 4) is 5.75 Å². The second-order valence-corrected chi connectivity index (χ2v) is 4.30. The molecule has 0 saturated heterocycles. The lowest BCUT2D eigenvalue weighted by Crippen LogP contribution is -2.08. The van der Waals surface area contributed by atoms with E-state index >= 15 is 0 Å². The van der Waals surface area contributed by atoms with Crippen LogP contribution in [-0.2, 0) is 19.6 Å². The number of carbonyl (C=O) groups is 1. The largest absolute Gasteiger partial charge is 0.487 e. The minimum absolute atomic E-state index is 0.250. The summed E-state index contributed by atoms with van der Waals surface area (Å²) in [5.74, 6) is 0.755. The Bertz CT molecular complexity index is 588. The van der Waals surface area contributed by atoms with E-state index < -0.39 is 0 Å². The summed E-state index contributed by atoms with van der Waals surface area (Å²) in [6.45, 7) is 6.50. The second-order valence-electron chi connectivity index (χ2n) is 4.30. The molecular weight excluding hydrogens is 254 g/mol. The van der Waals surface area contributed by atoms with Crippen LogP contribution in [0.15, 0.2) is 36.9 Å². The predicted molar refractivity (Wildman–Crippen MR) is 75.8 cm³/mol. The third-order valence-electron chi connectivity index (χ3n) is 2.99. The van der Waals surface area contributed by atoms with Gasteiger partial charge in [-0.25, -0.2) is 4.68 Å². The molecule has 0 spiro atoms. The number of rotatable bonds is 7. The van der Waals surface area contributed by atoms with Crippen molar-refractivity contribution >= 4 is 6.29 Å². The number of allylic oxidation sites excluding steroid dienone is 1. The van der Waals surface area contributed by atoms with Crippen LogP contribution in [0.3, 0.4) is 0 Å². The van der Waals surface area contributed by atoms with Crippen molar-refractivity contribution in [3.63, 3.8) is 0 Å². The van der Waals surface area contributed by atoms with E-state index in [1.165, 1.54) is 5.56 Å². The van der Waals surface area contributed by atoms with Gasteiger partial charge in [-0.1, -0.05) is 30.3 Å². The molecule has 0 aliphatic heterocycles. The number of aromatic nitrogens is 3. The number of nitrogens with zero attached hydrogens (tertiary/aromatic N) is 3. The number of carbonyl (C=O) groups excluding carboxylic acids is 1. The number of aldehydes is 1. The molecule has 1 heterocycles. The highest BCUT2D eigenvalue weighted by Gasteiger charge is 2.12. The zero-order valence-electron chi connectivity index (χ0n) is 11.5. The monoisotopic (exact) mass is 271 g/mol. The summed E-state index contributed by atoms with van der Waals surface area (Å²) in [5, 5.41) is 7.71. The Labute approximate surface area is 117 Å². The SMILES string of the molecule is C=CCn1nnc(C=O)c1COc1ccc(CC)cc1. The summed E-state index contributed by atoms with van der Waals surface area (Å²) in [6.07, 6.45) is 3.37. The first kappa shape index (κ1) is 14.0. The van der Waals surface area contributed by atoms with E-state index in [1.807, 2.05) is 24.3 Å². The number of hydrogen-bond acceptors (Lipinski definition) is 4. The average Bonchev–Trinajstić information content (AvgIpc) is 2.88. The van der Waals surface area contributed by atoms with E-state index in [2.05, 4.69) is 23.8 Å². The quantitative estimate of drug-likeness (QED) is 0.573. The van der Waals surface area contributed by atoms with Gasteiger partial charge in [0.1, 0.15) is 18.1 Å². The lowest BCUT2D eigenvalue weighted by Gasteiger charge is -2.08. The molecule has 1 aromatic heterocycles. The maximum atomic E-state index is 10.9. The molecule has 0 N–H and O–H groups in total. The van der Waals surface area contributed by atoms with Crippen LogP contribution >= 0.6 is 0 Å². The fourth-order valence-corrected chi connectivity index (χ4v) is 1.83. The highest BCUT2D eigenvalue weighted by Crippen LogP contribution is 2.15. The molecule has 0 aliphatic carbocycles. The third-order valence-corrected chi connectivity index (χ3v) is 2.99. The van der Waals surface area contributed by atoms with Crippen LogP contribution in [-0.4, -0.2) is 21.3 Å². The Morgan fingerprint density at radius 1 is 1.35 bits per heavy atom. The van der Waals surface area contributed by atoms with Crippen molar-refractivity contribution in [2.45, 2.75) is 26.5 Å². The Hall–Kier alpha value is -2.43. The summed E-state index contributed by atoms with van der Waals surface area (Å²) in [6, 6.07) is 7.88. The Morgan fingerprint density at radius 2 is 2.10 bits per heavy atom. The molecule has 5 heteroatoms. The van der Waals surface area contributed by atoms with Crippen molar-refractivity contribution < 1.29 is 9.53 Å². The van der Waals surface area contributed by atoms with Crippen LogP contribution in [0.25, 0.3) is 0 Å². The zero-order chi connectivity index (χ0) is 14.4. The highest BCUT2D eigenvalue weighted by atomic mass is 16.5.